The van der Waals surface area contributed by atoms with E-state index in [1.54, 1.807) is 55.6 Å². The summed E-state index contributed by atoms with van der Waals surface area (Å²) in [6.45, 7) is 1.81. The lowest BCUT2D eigenvalue weighted by Crippen LogP contribution is -2.20. The Labute approximate surface area is 167 Å². The first-order chi connectivity index (χ1) is 13.0. The second-order valence-corrected chi connectivity index (χ2v) is 6.62. The van der Waals surface area contributed by atoms with E-state index in [4.69, 9.17) is 28.6 Å². The number of aryl methyl sites for hydroxylation is 1. The highest BCUT2D eigenvalue weighted by Gasteiger charge is 2.10. The topological polar surface area (TPSA) is 46.2 Å². The molecule has 3 rings (SSSR count). The van der Waals surface area contributed by atoms with Gasteiger partial charge in [-0.25, -0.2) is 9.37 Å². The van der Waals surface area contributed by atoms with Crippen molar-refractivity contribution in [2.45, 2.75) is 13.5 Å². The molecule has 0 aliphatic rings. The Kier molecular flexibility index (Phi) is 6.21. The SMILES string of the molecule is Cc1cccc(COc2cccnc2NC(=S)Nc2ccc(Cl)cc2)c1F. The molecule has 0 bridgehead atoms. The standard InChI is InChI=1S/C20H17ClFN3OS/c1-13-4-2-5-14(18(13)22)12-26-17-6-3-11-23-19(17)25-20(27)24-16-9-7-15(21)8-10-16/h2-11H,12H2,1H3,(H2,23,24,25,27). The van der Waals surface area contributed by atoms with Gasteiger partial charge in [-0.15, -0.1) is 0 Å². The minimum absolute atomic E-state index is 0.0886. The average Bonchev–Trinajstić information content (AvgIpc) is 2.66. The summed E-state index contributed by atoms with van der Waals surface area (Å²) < 4.78 is 19.9. The van der Waals surface area contributed by atoms with Gasteiger partial charge < -0.3 is 15.4 Å². The van der Waals surface area contributed by atoms with Crippen LogP contribution in [0.4, 0.5) is 15.9 Å². The summed E-state index contributed by atoms with van der Waals surface area (Å²) in [5.74, 6) is 0.645. The van der Waals surface area contributed by atoms with E-state index in [1.807, 2.05) is 12.1 Å². The third-order valence-electron chi connectivity index (χ3n) is 3.76. The fourth-order valence-electron chi connectivity index (χ4n) is 2.38. The number of thiocarbonyl (C=S) groups is 1. The van der Waals surface area contributed by atoms with Gasteiger partial charge in [0.15, 0.2) is 16.7 Å². The first kappa shape index (κ1) is 19.1. The molecule has 138 valence electrons. The highest BCUT2D eigenvalue weighted by Crippen LogP contribution is 2.23. The van der Waals surface area contributed by atoms with E-state index in [-0.39, 0.29) is 12.4 Å². The summed E-state index contributed by atoms with van der Waals surface area (Å²) in [4.78, 5) is 4.25. The summed E-state index contributed by atoms with van der Waals surface area (Å²) >= 11 is 11.2. The van der Waals surface area contributed by atoms with Crippen molar-refractivity contribution in [2.75, 3.05) is 10.6 Å². The summed E-state index contributed by atoms with van der Waals surface area (Å²) in [6, 6.07) is 15.8. The van der Waals surface area contributed by atoms with E-state index >= 15 is 0 Å². The van der Waals surface area contributed by atoms with Crippen LogP contribution < -0.4 is 15.4 Å². The molecule has 0 unspecified atom stereocenters. The number of nitrogens with one attached hydrogen (secondary N) is 2. The summed E-state index contributed by atoms with van der Waals surface area (Å²) in [5, 5.41) is 7.03. The zero-order valence-corrected chi connectivity index (χ0v) is 16.1. The lowest BCUT2D eigenvalue weighted by molar-refractivity contribution is 0.300. The van der Waals surface area contributed by atoms with E-state index in [1.165, 1.54) is 0 Å². The molecule has 7 heteroatoms. The fraction of sp³-hybridized carbons (Fsp3) is 0.100. The minimum atomic E-state index is -0.268. The molecule has 0 spiro atoms. The number of hydrogen-bond acceptors (Lipinski definition) is 3. The van der Waals surface area contributed by atoms with Gasteiger partial charge in [0.1, 0.15) is 12.4 Å². The van der Waals surface area contributed by atoms with E-state index < -0.39 is 0 Å². The molecule has 4 nitrogen and oxygen atoms in total. The van der Waals surface area contributed by atoms with Crippen LogP contribution in [0.25, 0.3) is 0 Å². The van der Waals surface area contributed by atoms with Crippen LogP contribution in [0.5, 0.6) is 5.75 Å². The lowest BCUT2D eigenvalue weighted by Gasteiger charge is -2.14. The zero-order chi connectivity index (χ0) is 19.2. The largest absolute Gasteiger partial charge is 0.485 e. The molecule has 0 aliphatic carbocycles. The highest BCUT2D eigenvalue weighted by molar-refractivity contribution is 7.80. The first-order valence-electron chi connectivity index (χ1n) is 8.18. The number of pyridine rings is 1. The Morgan fingerprint density at radius 1 is 1.11 bits per heavy atom. The number of halogens is 2. The Balaban J connectivity index is 1.67. The number of rotatable bonds is 5. The molecule has 3 aromatic rings. The Bertz CT molecular complexity index is 950. The molecule has 2 aromatic carbocycles. The number of hydrogen-bond donors (Lipinski definition) is 2. The molecular formula is C20H17ClFN3OS. The van der Waals surface area contributed by atoms with Gasteiger partial charge >= 0.3 is 0 Å². The maximum atomic E-state index is 14.1. The van der Waals surface area contributed by atoms with Crippen molar-refractivity contribution < 1.29 is 9.13 Å². The van der Waals surface area contributed by atoms with Gasteiger partial charge in [0.2, 0.25) is 0 Å². The van der Waals surface area contributed by atoms with Crippen molar-refractivity contribution >= 4 is 40.4 Å². The van der Waals surface area contributed by atoms with Crippen molar-refractivity contribution in [1.82, 2.24) is 4.98 Å². The van der Waals surface area contributed by atoms with Gasteiger partial charge in [-0.05, 0) is 61.1 Å². The van der Waals surface area contributed by atoms with Crippen LogP contribution in [-0.4, -0.2) is 10.1 Å². The van der Waals surface area contributed by atoms with E-state index in [9.17, 15) is 4.39 Å². The Morgan fingerprint density at radius 2 is 1.89 bits per heavy atom. The fourth-order valence-corrected chi connectivity index (χ4v) is 2.72. The molecule has 0 saturated heterocycles. The predicted molar refractivity (Wildman–Crippen MR) is 111 cm³/mol. The zero-order valence-electron chi connectivity index (χ0n) is 14.5. The summed E-state index contributed by atoms with van der Waals surface area (Å²) in [5.41, 5.74) is 1.85. The molecule has 0 fully saturated rings. The second-order valence-electron chi connectivity index (χ2n) is 5.77. The third-order valence-corrected chi connectivity index (χ3v) is 4.22. The van der Waals surface area contributed by atoms with Gasteiger partial charge in [-0.3, -0.25) is 0 Å². The van der Waals surface area contributed by atoms with Crippen LogP contribution in [0.2, 0.25) is 5.02 Å². The first-order valence-corrected chi connectivity index (χ1v) is 8.97. The normalized spacial score (nSPS) is 10.3. The average molecular weight is 402 g/mol. The maximum absolute atomic E-state index is 14.1. The summed E-state index contributed by atoms with van der Waals surface area (Å²) in [7, 11) is 0. The molecule has 1 heterocycles. The van der Waals surface area contributed by atoms with Crippen molar-refractivity contribution in [2.24, 2.45) is 0 Å². The third kappa shape index (κ3) is 5.15. The highest BCUT2D eigenvalue weighted by atomic mass is 35.5. The van der Waals surface area contributed by atoms with Gasteiger partial charge in [0.25, 0.3) is 0 Å². The molecule has 2 N–H and O–H groups in total. The maximum Gasteiger partial charge on any atom is 0.176 e. The minimum Gasteiger partial charge on any atom is -0.485 e. The molecule has 0 radical (unpaired) electrons. The van der Waals surface area contributed by atoms with Gasteiger partial charge in [-0.2, -0.15) is 0 Å². The molecule has 0 atom stereocenters. The lowest BCUT2D eigenvalue weighted by atomic mass is 10.1. The van der Waals surface area contributed by atoms with E-state index in [0.717, 1.165) is 5.69 Å². The number of nitrogens with zero attached hydrogens (tertiary/aromatic N) is 1. The van der Waals surface area contributed by atoms with Crippen LogP contribution in [-0.2, 0) is 6.61 Å². The Hall–Kier alpha value is -2.70. The van der Waals surface area contributed by atoms with E-state index in [0.29, 0.717) is 32.8 Å². The summed E-state index contributed by atoms with van der Waals surface area (Å²) in [6.07, 6.45) is 1.62. The molecule has 0 amide bonds. The van der Waals surface area contributed by atoms with Crippen LogP contribution in [0, 0.1) is 12.7 Å². The van der Waals surface area contributed by atoms with Gasteiger partial charge in [0, 0.05) is 22.5 Å². The monoisotopic (exact) mass is 401 g/mol. The number of ether oxygens (including phenoxy) is 1. The van der Waals surface area contributed by atoms with Crippen molar-refractivity contribution in [3.05, 3.63) is 82.8 Å². The van der Waals surface area contributed by atoms with E-state index in [2.05, 4.69) is 15.6 Å². The van der Waals surface area contributed by atoms with Crippen LogP contribution >= 0.6 is 23.8 Å². The number of aromatic nitrogens is 1. The molecule has 27 heavy (non-hydrogen) atoms. The quantitative estimate of drug-likeness (QED) is 0.547. The van der Waals surface area contributed by atoms with Gasteiger partial charge in [-0.1, -0.05) is 29.8 Å². The van der Waals surface area contributed by atoms with Crippen molar-refractivity contribution in [3.63, 3.8) is 0 Å². The van der Waals surface area contributed by atoms with Crippen LogP contribution in [0.3, 0.4) is 0 Å². The molecule has 0 saturated carbocycles. The smallest absolute Gasteiger partial charge is 0.176 e. The molecule has 1 aromatic heterocycles. The molecular weight excluding hydrogens is 385 g/mol. The second kappa shape index (κ2) is 8.79. The molecule has 0 aliphatic heterocycles. The van der Waals surface area contributed by atoms with Crippen LogP contribution in [0.1, 0.15) is 11.1 Å². The van der Waals surface area contributed by atoms with Crippen LogP contribution in [0.15, 0.2) is 60.8 Å². The van der Waals surface area contributed by atoms with Crippen molar-refractivity contribution in [1.29, 1.82) is 0 Å². The number of anilines is 2. The Morgan fingerprint density at radius 3 is 2.67 bits per heavy atom. The predicted octanol–water partition coefficient (Wildman–Crippen LogP) is 5.57. The van der Waals surface area contributed by atoms with Gasteiger partial charge in [0.05, 0.1) is 0 Å². The number of benzene rings is 2. The van der Waals surface area contributed by atoms with Crippen molar-refractivity contribution in [3.8, 4) is 5.75 Å².